The second kappa shape index (κ2) is 14.8. The molecule has 1 heterocycles. The molecule has 2 N–H and O–H groups in total. The Morgan fingerprint density at radius 2 is 1.68 bits per heavy atom. The van der Waals surface area contributed by atoms with E-state index in [1.807, 2.05) is 30.3 Å². The number of alkyl halides is 3. The summed E-state index contributed by atoms with van der Waals surface area (Å²) in [6.45, 7) is 4.31. The number of ketones is 1. The van der Waals surface area contributed by atoms with Crippen molar-refractivity contribution in [1.29, 1.82) is 0 Å². The summed E-state index contributed by atoms with van der Waals surface area (Å²) in [5, 5.41) is 13.7. The zero-order valence-electron chi connectivity index (χ0n) is 24.4. The molecule has 0 aliphatic carbocycles. The van der Waals surface area contributed by atoms with Crippen LogP contribution in [0.1, 0.15) is 52.3 Å². The van der Waals surface area contributed by atoms with Gasteiger partial charge in [0.05, 0.1) is 17.9 Å². The lowest BCUT2D eigenvalue weighted by atomic mass is 10.0. The maximum Gasteiger partial charge on any atom is 0.416 e. The Bertz CT molecular complexity index is 1580. The van der Waals surface area contributed by atoms with Crippen LogP contribution in [0.4, 0.5) is 13.2 Å². The summed E-state index contributed by atoms with van der Waals surface area (Å²) in [5.41, 5.74) is 2.46. The molecule has 0 aliphatic heterocycles. The lowest BCUT2D eigenvalue weighted by Gasteiger charge is -2.18. The maximum atomic E-state index is 12.8. The Kier molecular flexibility index (Phi) is 10.9. The number of ether oxygens (including phenoxy) is 1. The number of nitrogens with one attached hydrogen (secondary N) is 1. The Morgan fingerprint density at radius 3 is 2.27 bits per heavy atom. The molecule has 10 heteroatoms. The molecular weight excluding hydrogens is 589 g/mol. The number of thiazole rings is 1. The number of carboxylic acids is 1. The van der Waals surface area contributed by atoms with Gasteiger partial charge in [0.2, 0.25) is 0 Å². The Balaban J connectivity index is 1.34. The SMILES string of the molecule is CC/C(=C/C(=O)c1ccc(C(F)(F)F)cc1)N[C@@H](Cc1ccc(OCCc2nc(-c3ccccc3)sc2CC)cc1)C(=O)O. The third kappa shape index (κ3) is 8.79. The third-order valence-electron chi connectivity index (χ3n) is 6.93. The summed E-state index contributed by atoms with van der Waals surface area (Å²) in [7, 11) is 0. The molecule has 0 amide bonds. The van der Waals surface area contributed by atoms with E-state index in [1.54, 1.807) is 42.5 Å². The van der Waals surface area contributed by atoms with Gasteiger partial charge in [0.1, 0.15) is 16.8 Å². The number of hydrogen-bond donors (Lipinski definition) is 2. The first kappa shape index (κ1) is 32.5. The van der Waals surface area contributed by atoms with Crippen molar-refractivity contribution in [3.63, 3.8) is 0 Å². The van der Waals surface area contributed by atoms with E-state index in [2.05, 4.69) is 12.2 Å². The van der Waals surface area contributed by atoms with E-state index in [1.165, 1.54) is 11.0 Å². The minimum atomic E-state index is -4.50. The van der Waals surface area contributed by atoms with Crippen molar-refractivity contribution in [2.45, 2.75) is 51.7 Å². The van der Waals surface area contributed by atoms with Gasteiger partial charge in [-0.3, -0.25) is 4.79 Å². The maximum absolute atomic E-state index is 12.8. The van der Waals surface area contributed by atoms with Crippen molar-refractivity contribution in [2.24, 2.45) is 0 Å². The molecule has 230 valence electrons. The fraction of sp³-hybridized carbons (Fsp3) is 0.265. The number of aromatic nitrogens is 1. The molecule has 4 rings (SSSR count). The first-order valence-electron chi connectivity index (χ1n) is 14.2. The predicted octanol–water partition coefficient (Wildman–Crippen LogP) is 7.77. The van der Waals surface area contributed by atoms with E-state index in [9.17, 15) is 27.9 Å². The molecule has 4 aromatic rings. The molecule has 0 bridgehead atoms. The van der Waals surface area contributed by atoms with Crippen LogP contribution in [0.3, 0.4) is 0 Å². The molecule has 0 spiro atoms. The molecule has 44 heavy (non-hydrogen) atoms. The number of halogens is 3. The number of carbonyl (C=O) groups is 2. The summed E-state index contributed by atoms with van der Waals surface area (Å²) in [6.07, 6.45) is -1.25. The lowest BCUT2D eigenvalue weighted by Crippen LogP contribution is -2.38. The second-order valence-corrected chi connectivity index (χ2v) is 11.1. The standard InChI is InChI=1S/C34H33F3N2O4S/c1-3-26(21-30(40)23-12-14-25(15-13-23)34(35,36)37)38-29(33(41)42)20-22-10-16-27(17-11-22)43-19-18-28-31(4-2)44-32(39-28)24-8-6-5-7-9-24/h5-17,21,29,38H,3-4,18-20H2,1-2H3,(H,41,42)/b26-21-/t29-/m0/s1. The molecule has 0 radical (unpaired) electrons. The Hall–Kier alpha value is -4.44. The zero-order chi connectivity index (χ0) is 31.7. The first-order valence-corrected chi connectivity index (χ1v) is 15.1. The molecule has 0 unspecified atom stereocenters. The number of nitrogens with zero attached hydrogens (tertiary/aromatic N) is 1. The van der Waals surface area contributed by atoms with Crippen molar-refractivity contribution >= 4 is 23.1 Å². The largest absolute Gasteiger partial charge is 0.493 e. The highest BCUT2D eigenvalue weighted by molar-refractivity contribution is 7.15. The smallest absolute Gasteiger partial charge is 0.416 e. The zero-order valence-corrected chi connectivity index (χ0v) is 25.2. The average molecular weight is 623 g/mol. The van der Waals surface area contributed by atoms with Crippen LogP contribution in [0.15, 0.2) is 90.6 Å². The van der Waals surface area contributed by atoms with Crippen LogP contribution in [-0.4, -0.2) is 34.5 Å². The minimum Gasteiger partial charge on any atom is -0.493 e. The molecule has 0 aliphatic rings. The topological polar surface area (TPSA) is 88.5 Å². The number of allylic oxidation sites excluding steroid dienone is 2. The van der Waals surface area contributed by atoms with Gasteiger partial charge in [-0.05, 0) is 42.7 Å². The van der Waals surface area contributed by atoms with E-state index in [0.29, 0.717) is 30.9 Å². The highest BCUT2D eigenvalue weighted by Crippen LogP contribution is 2.30. The fourth-order valence-electron chi connectivity index (χ4n) is 4.52. The van der Waals surface area contributed by atoms with Crippen LogP contribution in [0, 0.1) is 0 Å². The van der Waals surface area contributed by atoms with Gasteiger partial charge in [-0.15, -0.1) is 11.3 Å². The Morgan fingerprint density at radius 1 is 1.00 bits per heavy atom. The predicted molar refractivity (Wildman–Crippen MR) is 165 cm³/mol. The molecule has 0 saturated heterocycles. The third-order valence-corrected chi connectivity index (χ3v) is 8.22. The van der Waals surface area contributed by atoms with Crippen LogP contribution in [0.5, 0.6) is 5.75 Å². The summed E-state index contributed by atoms with van der Waals surface area (Å²) >= 11 is 1.70. The molecule has 6 nitrogen and oxygen atoms in total. The number of rotatable bonds is 14. The van der Waals surface area contributed by atoms with E-state index < -0.39 is 29.5 Å². The molecule has 0 fully saturated rings. The minimum absolute atomic E-state index is 0.0746. The summed E-state index contributed by atoms with van der Waals surface area (Å²) in [6, 6.07) is 20.1. The number of carboxylic acid groups (broad SMARTS) is 1. The number of benzene rings is 3. The quantitative estimate of drug-likeness (QED) is 0.110. The van der Waals surface area contributed by atoms with Crippen molar-refractivity contribution in [3.05, 3.63) is 118 Å². The molecule has 0 saturated carbocycles. The fourth-order valence-corrected chi connectivity index (χ4v) is 5.57. The second-order valence-electron chi connectivity index (χ2n) is 10.1. The van der Waals surface area contributed by atoms with E-state index in [0.717, 1.165) is 52.5 Å². The monoisotopic (exact) mass is 622 g/mol. The van der Waals surface area contributed by atoms with Crippen LogP contribution in [0.2, 0.25) is 0 Å². The van der Waals surface area contributed by atoms with Crippen molar-refractivity contribution in [2.75, 3.05) is 6.61 Å². The van der Waals surface area contributed by atoms with E-state index in [4.69, 9.17) is 9.72 Å². The summed E-state index contributed by atoms with van der Waals surface area (Å²) < 4.78 is 44.4. The van der Waals surface area contributed by atoms with Gasteiger partial charge in [0.15, 0.2) is 5.78 Å². The molecule has 3 aromatic carbocycles. The van der Waals surface area contributed by atoms with Crippen molar-refractivity contribution < 1.29 is 32.6 Å². The van der Waals surface area contributed by atoms with Gasteiger partial charge in [-0.2, -0.15) is 13.2 Å². The summed E-state index contributed by atoms with van der Waals surface area (Å²) in [4.78, 5) is 30.7. The number of aryl methyl sites for hydroxylation is 1. The van der Waals surface area contributed by atoms with E-state index >= 15 is 0 Å². The van der Waals surface area contributed by atoms with Gasteiger partial charge in [-0.1, -0.05) is 68.4 Å². The molecule has 1 aromatic heterocycles. The van der Waals surface area contributed by atoms with Crippen LogP contribution in [-0.2, 0) is 30.2 Å². The lowest BCUT2D eigenvalue weighted by molar-refractivity contribution is -0.139. The number of aliphatic carboxylic acids is 1. The molecule has 1 atom stereocenters. The van der Waals surface area contributed by atoms with Crippen LogP contribution in [0.25, 0.3) is 10.6 Å². The van der Waals surface area contributed by atoms with Gasteiger partial charge in [-0.25, -0.2) is 9.78 Å². The van der Waals surface area contributed by atoms with Crippen LogP contribution < -0.4 is 10.1 Å². The first-order chi connectivity index (χ1) is 21.1. The van der Waals surface area contributed by atoms with Crippen molar-refractivity contribution in [1.82, 2.24) is 10.3 Å². The average Bonchev–Trinajstić information content (AvgIpc) is 3.44. The van der Waals surface area contributed by atoms with Gasteiger partial charge in [0, 0.05) is 40.6 Å². The van der Waals surface area contributed by atoms with Crippen molar-refractivity contribution in [3.8, 4) is 16.3 Å². The summed E-state index contributed by atoms with van der Waals surface area (Å²) in [5.74, 6) is -0.966. The van der Waals surface area contributed by atoms with Gasteiger partial charge >= 0.3 is 12.1 Å². The van der Waals surface area contributed by atoms with E-state index in [-0.39, 0.29) is 12.0 Å². The normalized spacial score (nSPS) is 12.5. The van der Waals surface area contributed by atoms with Crippen LogP contribution >= 0.6 is 11.3 Å². The highest BCUT2D eigenvalue weighted by atomic mass is 32.1. The number of hydrogen-bond acceptors (Lipinski definition) is 6. The highest BCUT2D eigenvalue weighted by Gasteiger charge is 2.30. The molecular formula is C34H33F3N2O4S. The van der Waals surface area contributed by atoms with Gasteiger partial charge in [0.25, 0.3) is 0 Å². The Labute approximate surface area is 258 Å². The number of carbonyl (C=O) groups excluding carboxylic acids is 1. The van der Waals surface area contributed by atoms with Gasteiger partial charge < -0.3 is 15.2 Å².